The SMILES string of the molecule is COc1ccc(OC)c(NC(=O)c2ccc(OCCc3ccccc3)c(Br)c2)c1. The largest absolute Gasteiger partial charge is 0.497 e. The molecule has 0 aliphatic rings. The van der Waals surface area contributed by atoms with Crippen molar-refractivity contribution in [1.29, 1.82) is 0 Å². The standard InChI is InChI=1S/C23H22BrNO4/c1-27-18-9-11-22(28-2)20(15-18)25-23(26)17-8-10-21(19(24)14-17)29-13-12-16-6-4-3-5-7-16/h3-11,14-15H,12-13H2,1-2H3,(H,25,26). The summed E-state index contributed by atoms with van der Waals surface area (Å²) in [5, 5.41) is 2.86. The minimum absolute atomic E-state index is 0.256. The lowest BCUT2D eigenvalue weighted by atomic mass is 10.1. The second-order valence-electron chi connectivity index (χ2n) is 6.25. The van der Waals surface area contributed by atoms with Crippen molar-refractivity contribution in [1.82, 2.24) is 0 Å². The lowest BCUT2D eigenvalue weighted by Gasteiger charge is -2.13. The molecule has 6 heteroatoms. The first-order chi connectivity index (χ1) is 14.1. The molecular weight excluding hydrogens is 434 g/mol. The Bertz CT molecular complexity index is 976. The number of benzene rings is 3. The molecule has 150 valence electrons. The maximum absolute atomic E-state index is 12.7. The van der Waals surface area contributed by atoms with Crippen LogP contribution in [-0.2, 0) is 6.42 Å². The van der Waals surface area contributed by atoms with Crippen LogP contribution in [-0.4, -0.2) is 26.7 Å². The van der Waals surface area contributed by atoms with Crippen LogP contribution in [0.2, 0.25) is 0 Å². The number of rotatable bonds is 8. The van der Waals surface area contributed by atoms with Crippen LogP contribution in [0.5, 0.6) is 17.2 Å². The van der Waals surface area contributed by atoms with Gasteiger partial charge in [0.1, 0.15) is 17.2 Å². The zero-order valence-electron chi connectivity index (χ0n) is 16.3. The number of amides is 1. The van der Waals surface area contributed by atoms with Crippen LogP contribution in [0.1, 0.15) is 15.9 Å². The Hall–Kier alpha value is -2.99. The summed E-state index contributed by atoms with van der Waals surface area (Å²) < 4.78 is 17.1. The summed E-state index contributed by atoms with van der Waals surface area (Å²) in [4.78, 5) is 12.7. The van der Waals surface area contributed by atoms with Crippen LogP contribution in [0.25, 0.3) is 0 Å². The number of halogens is 1. The predicted molar refractivity (Wildman–Crippen MR) is 117 cm³/mol. The maximum Gasteiger partial charge on any atom is 0.255 e. The van der Waals surface area contributed by atoms with Crippen molar-refractivity contribution in [2.24, 2.45) is 0 Å². The fourth-order valence-electron chi connectivity index (χ4n) is 2.79. The smallest absolute Gasteiger partial charge is 0.255 e. The van der Waals surface area contributed by atoms with Crippen molar-refractivity contribution >= 4 is 27.5 Å². The van der Waals surface area contributed by atoms with Gasteiger partial charge in [-0.15, -0.1) is 0 Å². The van der Waals surface area contributed by atoms with Crippen LogP contribution < -0.4 is 19.5 Å². The van der Waals surface area contributed by atoms with E-state index in [1.165, 1.54) is 5.56 Å². The van der Waals surface area contributed by atoms with E-state index in [1.807, 2.05) is 18.2 Å². The highest BCUT2D eigenvalue weighted by Gasteiger charge is 2.13. The second kappa shape index (κ2) is 9.98. The van der Waals surface area contributed by atoms with Gasteiger partial charge in [-0.05, 0) is 51.8 Å². The Kier molecular flexibility index (Phi) is 7.14. The van der Waals surface area contributed by atoms with E-state index >= 15 is 0 Å². The molecule has 0 saturated heterocycles. The second-order valence-corrected chi connectivity index (χ2v) is 7.10. The third kappa shape index (κ3) is 5.51. The number of nitrogens with one attached hydrogen (secondary N) is 1. The summed E-state index contributed by atoms with van der Waals surface area (Å²) in [5.74, 6) is 1.62. The number of hydrogen-bond acceptors (Lipinski definition) is 4. The number of methoxy groups -OCH3 is 2. The molecule has 0 atom stereocenters. The Morgan fingerprint density at radius 1 is 0.931 bits per heavy atom. The highest BCUT2D eigenvalue weighted by molar-refractivity contribution is 9.10. The molecule has 29 heavy (non-hydrogen) atoms. The van der Waals surface area contributed by atoms with Gasteiger partial charge < -0.3 is 19.5 Å². The quantitative estimate of drug-likeness (QED) is 0.497. The maximum atomic E-state index is 12.7. The molecule has 0 heterocycles. The average Bonchev–Trinajstić information content (AvgIpc) is 2.75. The average molecular weight is 456 g/mol. The van der Waals surface area contributed by atoms with Crippen molar-refractivity contribution < 1.29 is 19.0 Å². The Morgan fingerprint density at radius 3 is 2.38 bits per heavy atom. The summed E-state index contributed by atoms with van der Waals surface area (Å²) in [5.41, 5.74) is 2.25. The van der Waals surface area contributed by atoms with Gasteiger partial charge in [0.25, 0.3) is 5.91 Å². The van der Waals surface area contributed by atoms with Crippen LogP contribution in [0, 0.1) is 0 Å². The summed E-state index contributed by atoms with van der Waals surface area (Å²) in [6.07, 6.45) is 0.811. The van der Waals surface area contributed by atoms with Crippen molar-refractivity contribution in [3.05, 3.63) is 82.3 Å². The third-order valence-electron chi connectivity index (χ3n) is 4.34. The summed E-state index contributed by atoms with van der Waals surface area (Å²) >= 11 is 3.49. The van der Waals surface area contributed by atoms with Gasteiger partial charge in [0.2, 0.25) is 0 Å². The van der Waals surface area contributed by atoms with Crippen molar-refractivity contribution in [3.63, 3.8) is 0 Å². The molecule has 0 bridgehead atoms. The first-order valence-corrected chi connectivity index (χ1v) is 9.89. The van der Waals surface area contributed by atoms with Gasteiger partial charge in [-0.1, -0.05) is 30.3 Å². The molecule has 0 aliphatic carbocycles. The van der Waals surface area contributed by atoms with Crippen LogP contribution in [0.15, 0.2) is 71.2 Å². The van der Waals surface area contributed by atoms with E-state index in [2.05, 4.69) is 33.4 Å². The molecule has 0 aromatic heterocycles. The fraction of sp³-hybridized carbons (Fsp3) is 0.174. The Labute approximate surface area is 178 Å². The lowest BCUT2D eigenvalue weighted by molar-refractivity contribution is 0.102. The van der Waals surface area contributed by atoms with E-state index in [0.717, 1.165) is 10.9 Å². The molecule has 3 aromatic carbocycles. The van der Waals surface area contributed by atoms with Crippen LogP contribution in [0.3, 0.4) is 0 Å². The summed E-state index contributed by atoms with van der Waals surface area (Å²) in [6.45, 7) is 0.551. The zero-order chi connectivity index (χ0) is 20.6. The molecule has 1 amide bonds. The van der Waals surface area contributed by atoms with Gasteiger partial charge in [0.15, 0.2) is 0 Å². The van der Waals surface area contributed by atoms with Crippen molar-refractivity contribution in [3.8, 4) is 17.2 Å². The van der Waals surface area contributed by atoms with E-state index < -0.39 is 0 Å². The molecule has 0 fully saturated rings. The highest BCUT2D eigenvalue weighted by Crippen LogP contribution is 2.30. The van der Waals surface area contributed by atoms with Gasteiger partial charge in [-0.25, -0.2) is 0 Å². The normalized spacial score (nSPS) is 10.3. The van der Waals surface area contributed by atoms with E-state index in [4.69, 9.17) is 14.2 Å². The fourth-order valence-corrected chi connectivity index (χ4v) is 3.28. The Balaban J connectivity index is 1.65. The number of carbonyl (C=O) groups is 1. The zero-order valence-corrected chi connectivity index (χ0v) is 17.9. The molecule has 0 aliphatic heterocycles. The van der Waals surface area contributed by atoms with Crippen molar-refractivity contribution in [2.75, 3.05) is 26.1 Å². The van der Waals surface area contributed by atoms with Crippen molar-refractivity contribution in [2.45, 2.75) is 6.42 Å². The van der Waals surface area contributed by atoms with E-state index in [9.17, 15) is 4.79 Å². The highest BCUT2D eigenvalue weighted by atomic mass is 79.9. The molecular formula is C23H22BrNO4. The van der Waals surface area contributed by atoms with E-state index in [1.54, 1.807) is 50.6 Å². The van der Waals surface area contributed by atoms with E-state index in [-0.39, 0.29) is 5.91 Å². The number of anilines is 1. The van der Waals surface area contributed by atoms with E-state index in [0.29, 0.717) is 35.1 Å². The lowest BCUT2D eigenvalue weighted by Crippen LogP contribution is -2.13. The molecule has 0 unspecified atom stereocenters. The van der Waals surface area contributed by atoms with Gasteiger partial charge in [0.05, 0.1) is 31.0 Å². The topological polar surface area (TPSA) is 56.8 Å². The molecule has 0 spiro atoms. The molecule has 0 radical (unpaired) electrons. The first-order valence-electron chi connectivity index (χ1n) is 9.10. The summed E-state index contributed by atoms with van der Waals surface area (Å²) in [7, 11) is 3.12. The molecule has 3 rings (SSSR count). The number of ether oxygens (including phenoxy) is 3. The van der Waals surface area contributed by atoms with Crippen LogP contribution in [0.4, 0.5) is 5.69 Å². The minimum Gasteiger partial charge on any atom is -0.497 e. The van der Waals surface area contributed by atoms with Gasteiger partial charge in [0, 0.05) is 18.1 Å². The van der Waals surface area contributed by atoms with Gasteiger partial charge >= 0.3 is 0 Å². The summed E-state index contributed by atoms with van der Waals surface area (Å²) in [6, 6.07) is 20.6. The van der Waals surface area contributed by atoms with Gasteiger partial charge in [-0.3, -0.25) is 4.79 Å². The minimum atomic E-state index is -0.256. The van der Waals surface area contributed by atoms with Gasteiger partial charge in [-0.2, -0.15) is 0 Å². The molecule has 3 aromatic rings. The third-order valence-corrected chi connectivity index (χ3v) is 4.96. The number of hydrogen-bond donors (Lipinski definition) is 1. The molecule has 0 saturated carbocycles. The molecule has 1 N–H and O–H groups in total. The first kappa shape index (κ1) is 20.7. The Morgan fingerprint density at radius 2 is 1.69 bits per heavy atom. The van der Waals surface area contributed by atoms with Crippen LogP contribution >= 0.6 is 15.9 Å². The number of carbonyl (C=O) groups excluding carboxylic acids is 1. The predicted octanol–water partition coefficient (Wildman–Crippen LogP) is 5.34. The monoisotopic (exact) mass is 455 g/mol. The molecule has 5 nitrogen and oxygen atoms in total.